The number of benzene rings is 1. The summed E-state index contributed by atoms with van der Waals surface area (Å²) in [5, 5.41) is 12.0. The first-order chi connectivity index (χ1) is 13.0. The van der Waals surface area contributed by atoms with E-state index in [2.05, 4.69) is 37.1 Å². The van der Waals surface area contributed by atoms with Crippen molar-refractivity contribution < 1.29 is 9.53 Å². The molecule has 0 unspecified atom stereocenters. The van der Waals surface area contributed by atoms with E-state index < -0.39 is 5.97 Å². The number of ether oxygens (including phenoxy) is 1. The minimum atomic E-state index is -0.414. The van der Waals surface area contributed by atoms with Gasteiger partial charge in [0, 0.05) is 37.4 Å². The average molecular weight is 386 g/mol. The van der Waals surface area contributed by atoms with Crippen molar-refractivity contribution in [3.8, 4) is 5.69 Å². The van der Waals surface area contributed by atoms with Crippen LogP contribution < -0.4 is 0 Å². The molecule has 1 saturated heterocycles. The van der Waals surface area contributed by atoms with E-state index in [4.69, 9.17) is 11.6 Å². The van der Waals surface area contributed by atoms with Gasteiger partial charge in [0.25, 0.3) is 0 Å². The Bertz CT molecular complexity index is 937. The number of rotatable bonds is 5. The molecule has 1 aromatic carbocycles. The number of esters is 1. The lowest BCUT2D eigenvalue weighted by molar-refractivity contribution is 0.0594. The minimum Gasteiger partial charge on any atom is -0.464 e. The number of hydrogen-bond donors (Lipinski definition) is 1. The van der Waals surface area contributed by atoms with E-state index in [1.807, 2.05) is 25.3 Å². The summed E-state index contributed by atoms with van der Waals surface area (Å²) in [6.45, 7) is 4.63. The third kappa shape index (κ3) is 3.61. The van der Waals surface area contributed by atoms with Crippen LogP contribution in [0.1, 0.15) is 33.4 Å². The molecule has 1 aliphatic heterocycles. The maximum atomic E-state index is 11.5. The highest BCUT2D eigenvalue weighted by Gasteiger charge is 2.30. The quantitative estimate of drug-likeness (QED) is 0.683. The van der Waals surface area contributed by atoms with Crippen LogP contribution in [-0.4, -0.2) is 51.0 Å². The number of hydrogen-bond acceptors (Lipinski definition) is 5. The second-order valence-electron chi connectivity index (χ2n) is 6.76. The summed E-state index contributed by atoms with van der Waals surface area (Å²) in [5.41, 5.74) is 4.36. The Hall–Kier alpha value is -2.64. The third-order valence-corrected chi connectivity index (χ3v) is 5.21. The van der Waals surface area contributed by atoms with Gasteiger partial charge >= 0.3 is 5.97 Å². The second kappa shape index (κ2) is 7.17. The summed E-state index contributed by atoms with van der Waals surface area (Å²) in [5.74, 6) is -0.0493. The molecule has 0 radical (unpaired) electrons. The lowest BCUT2D eigenvalue weighted by Crippen LogP contribution is -2.44. The van der Waals surface area contributed by atoms with Gasteiger partial charge in [-0.1, -0.05) is 23.7 Å². The number of halogens is 1. The number of nitrogens with zero attached hydrogens (tertiary/aromatic N) is 4. The molecule has 0 saturated carbocycles. The molecule has 0 atom stereocenters. The van der Waals surface area contributed by atoms with E-state index in [9.17, 15) is 4.79 Å². The third-order valence-electron chi connectivity index (χ3n) is 4.84. The van der Waals surface area contributed by atoms with Gasteiger partial charge in [-0.05, 0) is 30.7 Å². The molecular formula is C19H20ClN5O2. The van der Waals surface area contributed by atoms with Crippen LogP contribution in [0.25, 0.3) is 5.69 Å². The predicted octanol–water partition coefficient (Wildman–Crippen LogP) is 2.94. The standard InChI is InChI=1S/C19H20ClN5O2/c1-12-16(20)11-25(23-12)15-5-3-13(4-6-15)8-24-9-14(10-24)17-7-18(22-21-17)19(26)27-2/h3-7,11,14H,8-10H2,1-2H3,(H,21,22). The molecule has 1 fully saturated rings. The molecule has 0 bridgehead atoms. The number of nitrogens with one attached hydrogen (secondary N) is 1. The van der Waals surface area contributed by atoms with Gasteiger partial charge in [-0.25, -0.2) is 9.48 Å². The Balaban J connectivity index is 1.33. The summed E-state index contributed by atoms with van der Waals surface area (Å²) in [4.78, 5) is 13.8. The van der Waals surface area contributed by atoms with Gasteiger partial charge in [-0.2, -0.15) is 10.2 Å². The Morgan fingerprint density at radius 2 is 2.07 bits per heavy atom. The maximum absolute atomic E-state index is 11.5. The highest BCUT2D eigenvalue weighted by molar-refractivity contribution is 6.31. The zero-order valence-corrected chi connectivity index (χ0v) is 15.9. The van der Waals surface area contributed by atoms with Gasteiger partial charge in [-0.3, -0.25) is 10.00 Å². The lowest BCUT2D eigenvalue weighted by Gasteiger charge is -2.38. The SMILES string of the molecule is COC(=O)c1cc(C2CN(Cc3ccc(-n4cc(Cl)c(C)n4)cc3)C2)[nH]n1. The van der Waals surface area contributed by atoms with Gasteiger partial charge in [0.05, 0.1) is 23.5 Å². The zero-order valence-electron chi connectivity index (χ0n) is 15.1. The van der Waals surface area contributed by atoms with Crippen molar-refractivity contribution in [2.24, 2.45) is 0 Å². The molecule has 0 spiro atoms. The fourth-order valence-corrected chi connectivity index (χ4v) is 3.36. The fraction of sp³-hybridized carbons (Fsp3) is 0.316. The summed E-state index contributed by atoms with van der Waals surface area (Å²) >= 11 is 6.07. The molecule has 7 nitrogen and oxygen atoms in total. The smallest absolute Gasteiger partial charge is 0.358 e. The highest BCUT2D eigenvalue weighted by atomic mass is 35.5. The molecule has 1 N–H and O–H groups in total. The normalized spacial score (nSPS) is 14.9. The Kier molecular flexibility index (Phi) is 4.72. The van der Waals surface area contributed by atoms with Crippen molar-refractivity contribution in [2.45, 2.75) is 19.4 Å². The molecule has 3 heterocycles. The van der Waals surface area contributed by atoms with Crippen LogP contribution in [0.3, 0.4) is 0 Å². The zero-order chi connectivity index (χ0) is 19.0. The van der Waals surface area contributed by atoms with Gasteiger partial charge in [0.1, 0.15) is 0 Å². The fourth-order valence-electron chi connectivity index (χ4n) is 3.23. The first-order valence-electron chi connectivity index (χ1n) is 8.70. The number of aromatic nitrogens is 4. The largest absolute Gasteiger partial charge is 0.464 e. The Morgan fingerprint density at radius 1 is 1.33 bits per heavy atom. The molecule has 3 aromatic rings. The summed E-state index contributed by atoms with van der Waals surface area (Å²) in [7, 11) is 1.36. The molecule has 4 rings (SSSR count). The van der Waals surface area contributed by atoms with Crippen LogP contribution in [0, 0.1) is 6.92 Å². The molecule has 2 aromatic heterocycles. The molecule has 27 heavy (non-hydrogen) atoms. The topological polar surface area (TPSA) is 76.0 Å². The van der Waals surface area contributed by atoms with Crippen LogP contribution in [0.5, 0.6) is 0 Å². The molecule has 0 aliphatic carbocycles. The predicted molar refractivity (Wildman–Crippen MR) is 101 cm³/mol. The maximum Gasteiger partial charge on any atom is 0.358 e. The van der Waals surface area contributed by atoms with Crippen molar-refractivity contribution in [3.05, 3.63) is 64.2 Å². The Labute approximate surface area is 161 Å². The van der Waals surface area contributed by atoms with E-state index in [1.165, 1.54) is 12.7 Å². The number of likely N-dealkylation sites (tertiary alicyclic amines) is 1. The molecule has 1 aliphatic rings. The van der Waals surface area contributed by atoms with Crippen molar-refractivity contribution in [1.29, 1.82) is 0 Å². The number of aryl methyl sites for hydroxylation is 1. The summed E-state index contributed by atoms with van der Waals surface area (Å²) < 4.78 is 6.48. The van der Waals surface area contributed by atoms with Crippen LogP contribution >= 0.6 is 11.6 Å². The van der Waals surface area contributed by atoms with Gasteiger partial charge < -0.3 is 4.74 Å². The lowest BCUT2D eigenvalue weighted by atomic mass is 9.95. The van der Waals surface area contributed by atoms with Crippen molar-refractivity contribution in [2.75, 3.05) is 20.2 Å². The van der Waals surface area contributed by atoms with Crippen LogP contribution in [0.2, 0.25) is 5.02 Å². The monoisotopic (exact) mass is 385 g/mol. The molecular weight excluding hydrogens is 366 g/mol. The van der Waals surface area contributed by atoms with Crippen molar-refractivity contribution in [1.82, 2.24) is 24.9 Å². The minimum absolute atomic E-state index is 0.329. The van der Waals surface area contributed by atoms with Gasteiger partial charge in [0.2, 0.25) is 0 Å². The number of carbonyl (C=O) groups excluding carboxylic acids is 1. The summed E-state index contributed by atoms with van der Waals surface area (Å²) in [6, 6.07) is 10.1. The van der Waals surface area contributed by atoms with Crippen LogP contribution in [-0.2, 0) is 11.3 Å². The Morgan fingerprint density at radius 3 is 2.70 bits per heavy atom. The van der Waals surface area contributed by atoms with Gasteiger partial charge in [0.15, 0.2) is 5.69 Å². The van der Waals surface area contributed by atoms with E-state index >= 15 is 0 Å². The van der Waals surface area contributed by atoms with E-state index in [0.29, 0.717) is 16.6 Å². The van der Waals surface area contributed by atoms with Crippen LogP contribution in [0.4, 0.5) is 0 Å². The van der Waals surface area contributed by atoms with E-state index in [-0.39, 0.29) is 0 Å². The molecule has 8 heteroatoms. The number of aromatic amines is 1. The molecule has 140 valence electrons. The number of methoxy groups -OCH3 is 1. The van der Waals surface area contributed by atoms with Crippen LogP contribution in [0.15, 0.2) is 36.5 Å². The second-order valence-corrected chi connectivity index (χ2v) is 7.17. The number of H-pyrrole nitrogens is 1. The average Bonchev–Trinajstić information content (AvgIpc) is 3.25. The summed E-state index contributed by atoms with van der Waals surface area (Å²) in [6.07, 6.45) is 1.82. The van der Waals surface area contributed by atoms with Crippen molar-refractivity contribution >= 4 is 17.6 Å². The first kappa shape index (κ1) is 17.8. The van der Waals surface area contributed by atoms with E-state index in [0.717, 1.165) is 36.7 Å². The first-order valence-corrected chi connectivity index (χ1v) is 9.08. The van der Waals surface area contributed by atoms with Crippen molar-refractivity contribution in [3.63, 3.8) is 0 Å². The number of carbonyl (C=O) groups is 1. The molecule has 0 amide bonds. The van der Waals surface area contributed by atoms with Gasteiger partial charge in [-0.15, -0.1) is 0 Å². The highest BCUT2D eigenvalue weighted by Crippen LogP contribution is 2.27. The van der Waals surface area contributed by atoms with E-state index in [1.54, 1.807) is 10.7 Å².